The van der Waals surface area contributed by atoms with Gasteiger partial charge in [-0.3, -0.25) is 4.79 Å². The zero-order valence-corrected chi connectivity index (χ0v) is 17.5. The Morgan fingerprint density at radius 3 is 2.03 bits per heavy atom. The van der Waals surface area contributed by atoms with E-state index in [1.54, 1.807) is 29.2 Å². The van der Waals surface area contributed by atoms with E-state index >= 15 is 0 Å². The number of halogens is 2. The molecule has 0 unspecified atom stereocenters. The number of anilines is 2. The molecule has 0 aliphatic carbocycles. The molecule has 0 atom stereocenters. The summed E-state index contributed by atoms with van der Waals surface area (Å²) >= 11 is 0.414. The van der Waals surface area contributed by atoms with Gasteiger partial charge in [-0.2, -0.15) is 8.78 Å². The molecule has 1 amide bonds. The smallest absolute Gasteiger partial charge is 0.288 e. The lowest BCUT2D eigenvalue weighted by molar-refractivity contribution is 0.0743. The molecule has 0 saturated carbocycles. The largest absolute Gasteiger partial charge is 0.355 e. The molecule has 2 aliphatic heterocycles. The summed E-state index contributed by atoms with van der Waals surface area (Å²) in [4.78, 5) is 19.3. The second-order valence-corrected chi connectivity index (χ2v) is 8.48. The van der Waals surface area contributed by atoms with E-state index < -0.39 is 5.76 Å². The zero-order chi connectivity index (χ0) is 20.9. The SMILES string of the molecule is O=C(c1ccccc1SC(F)F)N1CCN(c2ccc(N3CCCCC3)nn2)CC1. The number of benzene rings is 1. The summed E-state index contributed by atoms with van der Waals surface area (Å²) in [5, 5.41) is 8.79. The number of carbonyl (C=O) groups is 1. The van der Waals surface area contributed by atoms with Gasteiger partial charge < -0.3 is 14.7 Å². The summed E-state index contributed by atoms with van der Waals surface area (Å²) in [5.74, 6) is -1.04. The van der Waals surface area contributed by atoms with Crippen molar-refractivity contribution in [3.8, 4) is 0 Å². The second-order valence-electron chi connectivity index (χ2n) is 7.45. The first-order chi connectivity index (χ1) is 14.6. The van der Waals surface area contributed by atoms with Crippen LogP contribution in [-0.2, 0) is 0 Å². The number of alkyl halides is 2. The van der Waals surface area contributed by atoms with E-state index in [2.05, 4.69) is 20.0 Å². The fourth-order valence-corrected chi connectivity index (χ4v) is 4.56. The van der Waals surface area contributed by atoms with Crippen LogP contribution in [0.15, 0.2) is 41.3 Å². The molecule has 6 nitrogen and oxygen atoms in total. The van der Waals surface area contributed by atoms with Crippen LogP contribution in [0.5, 0.6) is 0 Å². The number of amides is 1. The highest BCUT2D eigenvalue weighted by Gasteiger charge is 2.25. The normalized spacial score (nSPS) is 17.5. The lowest BCUT2D eigenvalue weighted by atomic mass is 10.1. The number of aromatic nitrogens is 2. The van der Waals surface area contributed by atoms with Crippen LogP contribution in [-0.4, -0.2) is 66.0 Å². The summed E-state index contributed by atoms with van der Waals surface area (Å²) in [7, 11) is 0. The highest BCUT2D eigenvalue weighted by atomic mass is 32.2. The average molecular weight is 434 g/mol. The van der Waals surface area contributed by atoms with Crippen LogP contribution in [0, 0.1) is 0 Å². The quantitative estimate of drug-likeness (QED) is 0.670. The van der Waals surface area contributed by atoms with E-state index in [0.717, 1.165) is 24.7 Å². The molecular formula is C21H25F2N5OS. The summed E-state index contributed by atoms with van der Waals surface area (Å²) in [6, 6.07) is 10.6. The molecule has 1 aromatic heterocycles. The van der Waals surface area contributed by atoms with E-state index in [0.29, 0.717) is 48.4 Å². The van der Waals surface area contributed by atoms with Gasteiger partial charge in [0.2, 0.25) is 0 Å². The van der Waals surface area contributed by atoms with Gasteiger partial charge in [0.1, 0.15) is 0 Å². The molecule has 4 rings (SSSR count). The highest BCUT2D eigenvalue weighted by molar-refractivity contribution is 7.99. The van der Waals surface area contributed by atoms with Crippen molar-refractivity contribution in [1.82, 2.24) is 15.1 Å². The first-order valence-corrected chi connectivity index (χ1v) is 11.2. The molecule has 2 aromatic rings. The predicted octanol–water partition coefficient (Wildman–Crippen LogP) is 3.74. The van der Waals surface area contributed by atoms with Crippen LogP contribution in [0.1, 0.15) is 29.6 Å². The van der Waals surface area contributed by atoms with Gasteiger partial charge >= 0.3 is 0 Å². The van der Waals surface area contributed by atoms with Crippen LogP contribution in [0.2, 0.25) is 0 Å². The first-order valence-electron chi connectivity index (χ1n) is 10.3. The van der Waals surface area contributed by atoms with Crippen molar-refractivity contribution in [3.05, 3.63) is 42.0 Å². The van der Waals surface area contributed by atoms with E-state index in [1.165, 1.54) is 19.3 Å². The number of thioether (sulfide) groups is 1. The number of carbonyl (C=O) groups excluding carboxylic acids is 1. The number of nitrogens with zero attached hydrogens (tertiary/aromatic N) is 5. The van der Waals surface area contributed by atoms with E-state index in [4.69, 9.17) is 0 Å². The van der Waals surface area contributed by atoms with Crippen LogP contribution in [0.25, 0.3) is 0 Å². The van der Waals surface area contributed by atoms with E-state index in [1.807, 2.05) is 12.1 Å². The molecule has 160 valence electrons. The maximum absolute atomic E-state index is 12.9. The van der Waals surface area contributed by atoms with Crippen LogP contribution >= 0.6 is 11.8 Å². The Kier molecular flexibility index (Phi) is 6.66. The standard InChI is InChI=1S/C21H25F2N5OS/c22-21(23)30-17-7-3-2-6-16(17)20(29)28-14-12-27(13-15-28)19-9-8-18(24-25-19)26-10-4-1-5-11-26/h2-3,6-9,21H,1,4-5,10-15H2. The van der Waals surface area contributed by atoms with Crippen molar-refractivity contribution in [2.24, 2.45) is 0 Å². The maximum Gasteiger partial charge on any atom is 0.288 e. The monoisotopic (exact) mass is 433 g/mol. The molecule has 0 bridgehead atoms. The number of piperidine rings is 1. The Labute approximate surface area is 179 Å². The Morgan fingerprint density at radius 2 is 1.43 bits per heavy atom. The highest BCUT2D eigenvalue weighted by Crippen LogP contribution is 2.29. The summed E-state index contributed by atoms with van der Waals surface area (Å²) in [5.41, 5.74) is 0.335. The predicted molar refractivity (Wildman–Crippen MR) is 115 cm³/mol. The van der Waals surface area contributed by atoms with E-state index in [9.17, 15) is 13.6 Å². The average Bonchev–Trinajstić information content (AvgIpc) is 2.79. The summed E-state index contributed by atoms with van der Waals surface area (Å²) in [6.07, 6.45) is 3.66. The van der Waals surface area contributed by atoms with Crippen molar-refractivity contribution in [2.75, 3.05) is 49.1 Å². The zero-order valence-electron chi connectivity index (χ0n) is 16.7. The molecular weight excluding hydrogens is 408 g/mol. The summed E-state index contributed by atoms with van der Waals surface area (Å²) in [6.45, 7) is 4.35. The molecule has 0 radical (unpaired) electrons. The molecule has 1 aromatic carbocycles. The number of hydrogen-bond donors (Lipinski definition) is 0. The molecule has 2 saturated heterocycles. The van der Waals surface area contributed by atoms with Gasteiger partial charge in [-0.15, -0.1) is 10.2 Å². The van der Waals surface area contributed by atoms with Gasteiger partial charge in [0.25, 0.3) is 11.7 Å². The molecule has 3 heterocycles. The lowest BCUT2D eigenvalue weighted by Crippen LogP contribution is -2.49. The minimum atomic E-state index is -2.55. The topological polar surface area (TPSA) is 52.6 Å². The number of hydrogen-bond acceptors (Lipinski definition) is 6. The Bertz CT molecular complexity index is 853. The van der Waals surface area contributed by atoms with Crippen LogP contribution in [0.4, 0.5) is 20.4 Å². The third kappa shape index (κ3) is 4.83. The van der Waals surface area contributed by atoms with Crippen LogP contribution in [0.3, 0.4) is 0 Å². The Hall–Kier alpha value is -2.42. The van der Waals surface area contributed by atoms with Crippen molar-refractivity contribution >= 4 is 29.3 Å². The van der Waals surface area contributed by atoms with Crippen molar-refractivity contribution in [2.45, 2.75) is 29.9 Å². The maximum atomic E-state index is 12.9. The fourth-order valence-electron chi connectivity index (χ4n) is 3.93. The second kappa shape index (κ2) is 9.59. The van der Waals surface area contributed by atoms with Crippen LogP contribution < -0.4 is 9.80 Å². The minimum Gasteiger partial charge on any atom is -0.355 e. The lowest BCUT2D eigenvalue weighted by Gasteiger charge is -2.35. The van der Waals surface area contributed by atoms with Gasteiger partial charge in [0, 0.05) is 44.2 Å². The molecule has 9 heteroatoms. The number of piperazine rings is 1. The van der Waals surface area contributed by atoms with Crippen molar-refractivity contribution < 1.29 is 13.6 Å². The van der Waals surface area contributed by atoms with E-state index in [-0.39, 0.29) is 5.91 Å². The van der Waals surface area contributed by atoms with Gasteiger partial charge in [-0.05, 0) is 43.5 Å². The molecule has 2 aliphatic rings. The van der Waals surface area contributed by atoms with Gasteiger partial charge in [-0.25, -0.2) is 0 Å². The van der Waals surface area contributed by atoms with Gasteiger partial charge in [0.05, 0.1) is 5.56 Å². The third-order valence-electron chi connectivity index (χ3n) is 5.54. The Morgan fingerprint density at radius 1 is 0.833 bits per heavy atom. The fraction of sp³-hybridized carbons (Fsp3) is 0.476. The van der Waals surface area contributed by atoms with Crippen molar-refractivity contribution in [1.29, 1.82) is 0 Å². The molecule has 0 N–H and O–H groups in total. The number of rotatable bonds is 5. The molecule has 30 heavy (non-hydrogen) atoms. The summed E-state index contributed by atoms with van der Waals surface area (Å²) < 4.78 is 25.6. The van der Waals surface area contributed by atoms with Crippen molar-refractivity contribution in [3.63, 3.8) is 0 Å². The van der Waals surface area contributed by atoms with Gasteiger partial charge in [-0.1, -0.05) is 23.9 Å². The minimum absolute atomic E-state index is 0.204. The molecule has 2 fully saturated rings. The molecule has 0 spiro atoms. The third-order valence-corrected chi connectivity index (χ3v) is 6.33. The first kappa shape index (κ1) is 20.8. The van der Waals surface area contributed by atoms with Gasteiger partial charge in [0.15, 0.2) is 11.6 Å². The Balaban J connectivity index is 1.36.